The van der Waals surface area contributed by atoms with E-state index in [2.05, 4.69) is 6.07 Å². The summed E-state index contributed by atoms with van der Waals surface area (Å²) >= 11 is 0. The summed E-state index contributed by atoms with van der Waals surface area (Å²) < 4.78 is 5.62. The Morgan fingerprint density at radius 3 is 2.89 bits per heavy atom. The molecule has 0 saturated heterocycles. The molecule has 2 aliphatic rings. The maximum atomic E-state index is 12.3. The summed E-state index contributed by atoms with van der Waals surface area (Å²) in [5.41, 5.74) is 0.274. The molecule has 0 bridgehead atoms. The Hall–Kier alpha value is -2.02. The van der Waals surface area contributed by atoms with Gasteiger partial charge in [0.15, 0.2) is 0 Å². The minimum atomic E-state index is -0.737. The third kappa shape index (κ3) is 1.72. The first-order chi connectivity index (χ1) is 8.75. The van der Waals surface area contributed by atoms with Crippen molar-refractivity contribution in [3.63, 3.8) is 0 Å². The van der Waals surface area contributed by atoms with E-state index in [-0.39, 0.29) is 5.91 Å². The van der Waals surface area contributed by atoms with E-state index in [4.69, 9.17) is 10.00 Å². The first kappa shape index (κ1) is 11.1. The van der Waals surface area contributed by atoms with Gasteiger partial charge in [0, 0.05) is 12.1 Å². The average Bonchev–Trinajstić information content (AvgIpc) is 3.21. The van der Waals surface area contributed by atoms with Crippen molar-refractivity contribution in [2.75, 3.05) is 13.2 Å². The maximum Gasteiger partial charge on any atom is 0.243 e. The van der Waals surface area contributed by atoms with Gasteiger partial charge in [0.2, 0.25) is 5.91 Å². The Balaban J connectivity index is 1.84. The van der Waals surface area contributed by atoms with Gasteiger partial charge in [0.25, 0.3) is 0 Å². The van der Waals surface area contributed by atoms with Crippen molar-refractivity contribution < 1.29 is 9.53 Å². The second kappa shape index (κ2) is 4.02. The second-order valence-electron chi connectivity index (χ2n) is 4.88. The molecule has 0 aromatic heterocycles. The van der Waals surface area contributed by atoms with Crippen molar-refractivity contribution in [2.45, 2.75) is 19.4 Å². The number of carbonyl (C=O) groups is 1. The van der Waals surface area contributed by atoms with Gasteiger partial charge < -0.3 is 9.64 Å². The van der Waals surface area contributed by atoms with Crippen molar-refractivity contribution in [2.24, 2.45) is 5.41 Å². The quantitative estimate of drug-likeness (QED) is 0.753. The Morgan fingerprint density at radius 1 is 1.39 bits per heavy atom. The van der Waals surface area contributed by atoms with Crippen molar-refractivity contribution in [1.82, 2.24) is 4.90 Å². The predicted molar refractivity (Wildman–Crippen MR) is 64.6 cm³/mol. The topological polar surface area (TPSA) is 53.3 Å². The second-order valence-corrected chi connectivity index (χ2v) is 4.88. The van der Waals surface area contributed by atoms with Crippen LogP contribution in [0.3, 0.4) is 0 Å². The number of para-hydroxylation sites is 1. The monoisotopic (exact) mass is 242 g/mol. The van der Waals surface area contributed by atoms with Gasteiger partial charge in [0.05, 0.1) is 12.6 Å². The fourth-order valence-electron chi connectivity index (χ4n) is 2.30. The number of rotatable bonds is 1. The summed E-state index contributed by atoms with van der Waals surface area (Å²) in [4.78, 5) is 14.1. The lowest BCUT2D eigenvalue weighted by molar-refractivity contribution is -0.135. The zero-order chi connectivity index (χ0) is 12.6. The Bertz CT molecular complexity index is 529. The van der Waals surface area contributed by atoms with Gasteiger partial charge in [0.1, 0.15) is 17.8 Å². The van der Waals surface area contributed by atoms with Crippen LogP contribution in [0.2, 0.25) is 0 Å². The molecule has 0 atom stereocenters. The summed E-state index contributed by atoms with van der Waals surface area (Å²) in [6.07, 6.45) is 1.39. The number of hydrogen-bond acceptors (Lipinski definition) is 3. The van der Waals surface area contributed by atoms with Crippen molar-refractivity contribution in [3.05, 3.63) is 29.8 Å². The smallest absolute Gasteiger partial charge is 0.243 e. The third-order valence-electron chi connectivity index (χ3n) is 3.61. The fourth-order valence-corrected chi connectivity index (χ4v) is 2.30. The average molecular weight is 242 g/mol. The van der Waals surface area contributed by atoms with Crippen LogP contribution < -0.4 is 4.74 Å². The summed E-state index contributed by atoms with van der Waals surface area (Å²) in [5, 5.41) is 9.09. The molecule has 1 heterocycles. The molecule has 0 unspecified atom stereocenters. The molecule has 1 aromatic carbocycles. The fraction of sp³-hybridized carbons (Fsp3) is 0.429. The van der Waals surface area contributed by atoms with Gasteiger partial charge in [-0.3, -0.25) is 4.79 Å². The maximum absolute atomic E-state index is 12.3. The molecular formula is C14H14N2O2. The number of ether oxygens (including phenoxy) is 1. The molecule has 18 heavy (non-hydrogen) atoms. The summed E-state index contributed by atoms with van der Waals surface area (Å²) in [7, 11) is 0. The molecule has 92 valence electrons. The number of amides is 1. The van der Waals surface area contributed by atoms with Crippen LogP contribution in [0.25, 0.3) is 0 Å². The lowest BCUT2D eigenvalue weighted by Gasteiger charge is -2.22. The lowest BCUT2D eigenvalue weighted by Crippen LogP contribution is -2.37. The molecule has 1 saturated carbocycles. The van der Waals surface area contributed by atoms with E-state index in [1.165, 1.54) is 0 Å². The van der Waals surface area contributed by atoms with Crippen molar-refractivity contribution >= 4 is 5.91 Å². The summed E-state index contributed by atoms with van der Waals surface area (Å²) in [6.45, 7) is 1.58. The minimum Gasteiger partial charge on any atom is -0.491 e. The number of nitrogens with zero attached hydrogens (tertiary/aromatic N) is 2. The van der Waals surface area contributed by atoms with Crippen LogP contribution in [0.1, 0.15) is 18.4 Å². The van der Waals surface area contributed by atoms with Gasteiger partial charge in [-0.25, -0.2) is 0 Å². The van der Waals surface area contributed by atoms with E-state index < -0.39 is 5.41 Å². The standard InChI is InChI=1S/C14H14N2O2/c15-10-14(5-6-14)13(17)16-7-8-18-12-4-2-1-3-11(12)9-16/h1-4H,5-9H2. The minimum absolute atomic E-state index is 0.0368. The van der Waals surface area contributed by atoms with Gasteiger partial charge in [-0.2, -0.15) is 5.26 Å². The van der Waals surface area contributed by atoms with E-state index in [9.17, 15) is 4.79 Å². The Morgan fingerprint density at radius 2 is 2.17 bits per heavy atom. The number of fused-ring (bicyclic) bond motifs is 1. The molecule has 1 aliphatic heterocycles. The normalized spacial score (nSPS) is 20.1. The van der Waals surface area contributed by atoms with E-state index in [1.807, 2.05) is 24.3 Å². The van der Waals surface area contributed by atoms with Crippen LogP contribution >= 0.6 is 0 Å². The number of nitriles is 1. The predicted octanol–water partition coefficient (Wildman–Crippen LogP) is 1.71. The third-order valence-corrected chi connectivity index (χ3v) is 3.61. The summed E-state index contributed by atoms with van der Waals surface area (Å²) in [5.74, 6) is 0.805. The molecule has 4 nitrogen and oxygen atoms in total. The summed E-state index contributed by atoms with van der Waals surface area (Å²) in [6, 6.07) is 9.91. The number of benzene rings is 1. The van der Waals surface area contributed by atoms with Crippen LogP contribution in [-0.4, -0.2) is 24.0 Å². The number of hydrogen-bond donors (Lipinski definition) is 0. The van der Waals surface area contributed by atoms with Gasteiger partial charge in [-0.1, -0.05) is 18.2 Å². The zero-order valence-corrected chi connectivity index (χ0v) is 10.1. The zero-order valence-electron chi connectivity index (χ0n) is 10.1. The molecule has 1 aliphatic carbocycles. The lowest BCUT2D eigenvalue weighted by atomic mass is 10.1. The van der Waals surface area contributed by atoms with E-state index in [0.29, 0.717) is 32.5 Å². The molecule has 1 amide bonds. The highest BCUT2D eigenvalue weighted by Gasteiger charge is 2.52. The highest BCUT2D eigenvalue weighted by Crippen LogP contribution is 2.46. The highest BCUT2D eigenvalue weighted by molar-refractivity contribution is 5.88. The molecule has 0 radical (unpaired) electrons. The molecule has 0 N–H and O–H groups in total. The largest absolute Gasteiger partial charge is 0.491 e. The van der Waals surface area contributed by atoms with E-state index in [0.717, 1.165) is 11.3 Å². The first-order valence-electron chi connectivity index (χ1n) is 6.16. The SMILES string of the molecule is N#CC1(C(=O)N2CCOc3ccccc3C2)CC1. The van der Waals surface area contributed by atoms with Gasteiger partial charge in [-0.05, 0) is 18.9 Å². The Kier molecular flexibility index (Phi) is 2.48. The van der Waals surface area contributed by atoms with Gasteiger partial charge >= 0.3 is 0 Å². The number of carbonyl (C=O) groups excluding carboxylic acids is 1. The van der Waals surface area contributed by atoms with Crippen molar-refractivity contribution in [1.29, 1.82) is 5.26 Å². The molecular weight excluding hydrogens is 228 g/mol. The van der Waals surface area contributed by atoms with Gasteiger partial charge in [-0.15, -0.1) is 0 Å². The first-order valence-corrected chi connectivity index (χ1v) is 6.16. The Labute approximate surface area is 106 Å². The van der Waals surface area contributed by atoms with Crippen LogP contribution in [0.5, 0.6) is 5.75 Å². The van der Waals surface area contributed by atoms with Crippen LogP contribution in [0.15, 0.2) is 24.3 Å². The molecule has 0 spiro atoms. The van der Waals surface area contributed by atoms with E-state index >= 15 is 0 Å². The van der Waals surface area contributed by atoms with Crippen LogP contribution in [0.4, 0.5) is 0 Å². The van der Waals surface area contributed by atoms with Crippen LogP contribution in [-0.2, 0) is 11.3 Å². The molecule has 1 fully saturated rings. The highest BCUT2D eigenvalue weighted by atomic mass is 16.5. The van der Waals surface area contributed by atoms with Crippen LogP contribution in [0, 0.1) is 16.7 Å². The van der Waals surface area contributed by atoms with Crippen molar-refractivity contribution in [3.8, 4) is 11.8 Å². The van der Waals surface area contributed by atoms with E-state index in [1.54, 1.807) is 4.90 Å². The molecule has 1 aromatic rings. The molecule has 4 heteroatoms. The molecule has 3 rings (SSSR count).